The van der Waals surface area contributed by atoms with Crippen molar-refractivity contribution in [2.45, 2.75) is 6.54 Å². The molecule has 0 fully saturated rings. The Bertz CT molecular complexity index is 629. The van der Waals surface area contributed by atoms with Crippen LogP contribution in [0, 0.1) is 3.57 Å². The minimum Gasteiger partial charge on any atom is -0.495 e. The van der Waals surface area contributed by atoms with Gasteiger partial charge in [0.15, 0.2) is 0 Å². The molecule has 0 spiro atoms. The number of benzene rings is 2. The first-order chi connectivity index (χ1) is 9.61. The fraction of sp³-hybridized carbons (Fsp3) is 0.133. The van der Waals surface area contributed by atoms with Crippen molar-refractivity contribution < 1.29 is 9.53 Å². The fourth-order valence-electron chi connectivity index (χ4n) is 1.82. The molecule has 5 heteroatoms. The lowest BCUT2D eigenvalue weighted by molar-refractivity contribution is 0.0950. The van der Waals surface area contributed by atoms with Crippen LogP contribution in [-0.4, -0.2) is 13.0 Å². The van der Waals surface area contributed by atoms with Gasteiger partial charge in [-0.2, -0.15) is 0 Å². The molecule has 0 radical (unpaired) electrons. The fourth-order valence-corrected chi connectivity index (χ4v) is 2.45. The molecule has 0 aromatic heterocycles. The van der Waals surface area contributed by atoms with Crippen LogP contribution in [0.15, 0.2) is 42.5 Å². The number of anilines is 1. The Kier molecular flexibility index (Phi) is 4.84. The van der Waals surface area contributed by atoms with Crippen LogP contribution < -0.4 is 15.8 Å². The summed E-state index contributed by atoms with van der Waals surface area (Å²) >= 11 is 2.15. The average Bonchev–Trinajstić information content (AvgIpc) is 2.45. The molecule has 2 rings (SSSR count). The predicted molar refractivity (Wildman–Crippen MR) is 87.7 cm³/mol. The summed E-state index contributed by atoms with van der Waals surface area (Å²) in [6, 6.07) is 12.9. The Morgan fingerprint density at radius 1 is 1.30 bits per heavy atom. The molecule has 0 unspecified atom stereocenters. The van der Waals surface area contributed by atoms with E-state index < -0.39 is 0 Å². The summed E-state index contributed by atoms with van der Waals surface area (Å²) in [6.45, 7) is 0.429. The van der Waals surface area contributed by atoms with Gasteiger partial charge in [-0.05, 0) is 52.4 Å². The van der Waals surface area contributed by atoms with Gasteiger partial charge in [-0.1, -0.05) is 18.2 Å². The number of hydrogen-bond donors (Lipinski definition) is 2. The smallest absolute Gasteiger partial charge is 0.252 e. The first-order valence-electron chi connectivity index (χ1n) is 6.07. The minimum absolute atomic E-state index is 0.0932. The molecule has 2 aromatic carbocycles. The average molecular weight is 382 g/mol. The van der Waals surface area contributed by atoms with Crippen LogP contribution in [0.25, 0.3) is 0 Å². The van der Waals surface area contributed by atoms with Crippen molar-refractivity contribution in [2.75, 3.05) is 12.8 Å². The van der Waals surface area contributed by atoms with Gasteiger partial charge in [-0.3, -0.25) is 4.79 Å². The molecule has 1 amide bonds. The number of halogens is 1. The van der Waals surface area contributed by atoms with E-state index in [0.717, 1.165) is 9.13 Å². The van der Waals surface area contributed by atoms with Crippen molar-refractivity contribution in [1.29, 1.82) is 0 Å². The SMILES string of the molecule is COc1ccc(CNC(=O)c2ccccc2I)cc1N. The van der Waals surface area contributed by atoms with Gasteiger partial charge >= 0.3 is 0 Å². The Labute approximate surface area is 131 Å². The van der Waals surface area contributed by atoms with Crippen molar-refractivity contribution in [1.82, 2.24) is 5.32 Å². The van der Waals surface area contributed by atoms with Crippen molar-refractivity contribution in [3.05, 3.63) is 57.2 Å². The zero-order chi connectivity index (χ0) is 14.5. The number of carbonyl (C=O) groups excluding carboxylic acids is 1. The number of rotatable bonds is 4. The van der Waals surface area contributed by atoms with Gasteiger partial charge in [0.25, 0.3) is 5.91 Å². The molecule has 0 heterocycles. The third-order valence-corrected chi connectivity index (χ3v) is 3.81. The maximum absolute atomic E-state index is 12.1. The van der Waals surface area contributed by atoms with E-state index in [9.17, 15) is 4.79 Å². The number of nitrogen functional groups attached to an aromatic ring is 1. The molecule has 0 atom stereocenters. The highest BCUT2D eigenvalue weighted by Gasteiger charge is 2.09. The molecule has 0 aliphatic carbocycles. The molecule has 0 saturated heterocycles. The first-order valence-corrected chi connectivity index (χ1v) is 7.15. The second kappa shape index (κ2) is 6.60. The summed E-state index contributed by atoms with van der Waals surface area (Å²) < 4.78 is 6.02. The van der Waals surface area contributed by atoms with Gasteiger partial charge in [-0.25, -0.2) is 0 Å². The van der Waals surface area contributed by atoms with E-state index >= 15 is 0 Å². The number of ether oxygens (including phenoxy) is 1. The Morgan fingerprint density at radius 3 is 2.70 bits per heavy atom. The van der Waals surface area contributed by atoms with Crippen molar-refractivity contribution in [2.24, 2.45) is 0 Å². The van der Waals surface area contributed by atoms with Gasteiger partial charge in [0.1, 0.15) is 5.75 Å². The van der Waals surface area contributed by atoms with Gasteiger partial charge in [-0.15, -0.1) is 0 Å². The Morgan fingerprint density at radius 2 is 2.05 bits per heavy atom. The van der Waals surface area contributed by atoms with E-state index in [1.807, 2.05) is 24.3 Å². The van der Waals surface area contributed by atoms with E-state index in [-0.39, 0.29) is 5.91 Å². The second-order valence-electron chi connectivity index (χ2n) is 4.24. The third-order valence-electron chi connectivity index (χ3n) is 2.87. The van der Waals surface area contributed by atoms with Gasteiger partial charge < -0.3 is 15.8 Å². The molecule has 2 aromatic rings. The topological polar surface area (TPSA) is 64.3 Å². The van der Waals surface area contributed by atoms with Gasteiger partial charge in [0.05, 0.1) is 18.4 Å². The molecule has 0 aliphatic heterocycles. The van der Waals surface area contributed by atoms with Crippen LogP contribution >= 0.6 is 22.6 Å². The molecular formula is C15H15IN2O2. The lowest BCUT2D eigenvalue weighted by Crippen LogP contribution is -2.23. The number of hydrogen-bond acceptors (Lipinski definition) is 3. The molecule has 20 heavy (non-hydrogen) atoms. The molecule has 3 N–H and O–H groups in total. The maximum Gasteiger partial charge on any atom is 0.252 e. The van der Waals surface area contributed by atoms with Crippen LogP contribution in [0.3, 0.4) is 0 Å². The van der Waals surface area contributed by atoms with Crippen LogP contribution in [0.4, 0.5) is 5.69 Å². The van der Waals surface area contributed by atoms with Gasteiger partial charge in [0.2, 0.25) is 0 Å². The summed E-state index contributed by atoms with van der Waals surface area (Å²) in [7, 11) is 1.57. The molecule has 104 valence electrons. The molecule has 0 saturated carbocycles. The molecule has 0 bridgehead atoms. The van der Waals surface area contributed by atoms with E-state index in [4.69, 9.17) is 10.5 Å². The highest BCUT2D eigenvalue weighted by Crippen LogP contribution is 2.21. The summed E-state index contributed by atoms with van der Waals surface area (Å²) in [5, 5.41) is 2.88. The first kappa shape index (κ1) is 14.6. The monoisotopic (exact) mass is 382 g/mol. The normalized spacial score (nSPS) is 10.1. The van der Waals surface area contributed by atoms with Crippen molar-refractivity contribution in [3.63, 3.8) is 0 Å². The van der Waals surface area contributed by atoms with Crippen LogP contribution in [-0.2, 0) is 6.54 Å². The van der Waals surface area contributed by atoms with E-state index in [2.05, 4.69) is 27.9 Å². The summed E-state index contributed by atoms with van der Waals surface area (Å²) in [5.41, 5.74) is 8.01. The number of methoxy groups -OCH3 is 1. The molecule has 0 aliphatic rings. The second-order valence-corrected chi connectivity index (χ2v) is 5.40. The van der Waals surface area contributed by atoms with Crippen LogP contribution in [0.2, 0.25) is 0 Å². The lowest BCUT2D eigenvalue weighted by atomic mass is 10.1. The highest BCUT2D eigenvalue weighted by atomic mass is 127. The minimum atomic E-state index is -0.0932. The van der Waals surface area contributed by atoms with Gasteiger partial charge in [0, 0.05) is 10.1 Å². The van der Waals surface area contributed by atoms with Crippen molar-refractivity contribution in [3.8, 4) is 5.75 Å². The van der Waals surface area contributed by atoms with Crippen LogP contribution in [0.1, 0.15) is 15.9 Å². The van der Waals surface area contributed by atoms with E-state index in [1.54, 1.807) is 25.3 Å². The van der Waals surface area contributed by atoms with Crippen LogP contribution in [0.5, 0.6) is 5.75 Å². The number of nitrogens with two attached hydrogens (primary N) is 1. The number of carbonyl (C=O) groups is 1. The molecular weight excluding hydrogens is 367 g/mol. The summed E-state index contributed by atoms with van der Waals surface area (Å²) in [4.78, 5) is 12.1. The van der Waals surface area contributed by atoms with Crippen molar-refractivity contribution >= 4 is 34.2 Å². The maximum atomic E-state index is 12.1. The van der Waals surface area contributed by atoms with E-state index in [1.165, 1.54) is 0 Å². The Balaban J connectivity index is 2.04. The molecule has 4 nitrogen and oxygen atoms in total. The quantitative estimate of drug-likeness (QED) is 0.632. The third kappa shape index (κ3) is 3.41. The zero-order valence-corrected chi connectivity index (χ0v) is 13.2. The summed E-state index contributed by atoms with van der Waals surface area (Å²) in [5.74, 6) is 0.544. The zero-order valence-electron chi connectivity index (χ0n) is 11.0. The number of amides is 1. The van der Waals surface area contributed by atoms with E-state index in [0.29, 0.717) is 23.5 Å². The largest absolute Gasteiger partial charge is 0.495 e. The number of nitrogens with one attached hydrogen (secondary N) is 1. The lowest BCUT2D eigenvalue weighted by Gasteiger charge is -2.09. The predicted octanol–water partition coefficient (Wildman–Crippen LogP) is 2.81. The Hall–Kier alpha value is -1.76. The standard InChI is InChI=1S/C15H15IN2O2/c1-20-14-7-6-10(8-13(14)17)9-18-15(19)11-4-2-3-5-12(11)16/h2-8H,9,17H2,1H3,(H,18,19). The highest BCUT2D eigenvalue weighted by molar-refractivity contribution is 14.1. The summed E-state index contributed by atoms with van der Waals surface area (Å²) in [6.07, 6.45) is 0.